The fourth-order valence-electron chi connectivity index (χ4n) is 0.606. The van der Waals surface area contributed by atoms with Crippen molar-refractivity contribution in [3.8, 4) is 0 Å². The van der Waals surface area contributed by atoms with E-state index in [0.717, 1.165) is 0 Å². The van der Waals surface area contributed by atoms with Gasteiger partial charge < -0.3 is 0 Å². The van der Waals surface area contributed by atoms with Crippen LogP contribution in [0.25, 0.3) is 0 Å². The van der Waals surface area contributed by atoms with Gasteiger partial charge in [0.1, 0.15) is 17.8 Å². The lowest BCUT2D eigenvalue weighted by Gasteiger charge is -1.81. The zero-order valence-corrected chi connectivity index (χ0v) is 9.15. The van der Waals surface area contributed by atoms with E-state index in [1.165, 1.54) is 20.1 Å². The highest BCUT2D eigenvalue weighted by atomic mass is 31.1. The van der Waals surface area contributed by atoms with Gasteiger partial charge in [-0.15, -0.1) is 0 Å². The van der Waals surface area contributed by atoms with Gasteiger partial charge in [0.25, 0.3) is 0 Å². The molecule has 1 unspecified atom stereocenters. The number of carbonyl (C=O) groups is 2. The van der Waals surface area contributed by atoms with E-state index in [1.54, 1.807) is 6.07 Å². The smallest absolute Gasteiger partial charge is 0.143 e. The van der Waals surface area contributed by atoms with Gasteiger partial charge in [-0.2, -0.15) is 0 Å². The summed E-state index contributed by atoms with van der Waals surface area (Å²) in [5.74, 6) is 1.77. The number of rotatable bonds is 2. The summed E-state index contributed by atoms with van der Waals surface area (Å²) in [6, 6.07) is 3.66. The maximum atomic E-state index is 10.0. The van der Waals surface area contributed by atoms with Crippen molar-refractivity contribution in [2.45, 2.75) is 20.3 Å². The van der Waals surface area contributed by atoms with E-state index in [1.807, 2.05) is 11.9 Å². The molecule has 1 atom stereocenters. The molecule has 1 aromatic heterocycles. The molecule has 1 heterocycles. The number of hydrogen-bond acceptors (Lipinski definition) is 4. The molecule has 1 rings (SSSR count). The van der Waals surface area contributed by atoms with Crippen LogP contribution in [-0.4, -0.2) is 11.6 Å². The van der Waals surface area contributed by atoms with Gasteiger partial charge in [0.05, 0.1) is 14.9 Å². The van der Waals surface area contributed by atoms with E-state index < -0.39 is 0 Å². The van der Waals surface area contributed by atoms with Gasteiger partial charge >= 0.3 is 0 Å². The molecule has 0 saturated heterocycles. The first-order valence-electron chi connectivity index (χ1n) is 4.01. The van der Waals surface area contributed by atoms with Crippen LogP contribution in [0.15, 0.2) is 33.1 Å². The van der Waals surface area contributed by atoms with Crippen LogP contribution < -0.4 is 0 Å². The topological polar surface area (TPSA) is 60.4 Å². The normalized spacial score (nSPS) is 8.71. The van der Waals surface area contributed by atoms with Crippen molar-refractivity contribution >= 4 is 20.0 Å². The molecule has 0 aliphatic carbocycles. The van der Waals surface area contributed by atoms with Crippen LogP contribution in [-0.2, 0) is 9.59 Å². The Kier molecular flexibility index (Phi) is 7.56. The van der Waals surface area contributed by atoms with Gasteiger partial charge in [0, 0.05) is 0 Å². The van der Waals surface area contributed by atoms with Crippen molar-refractivity contribution in [3.05, 3.63) is 24.2 Å². The zero-order chi connectivity index (χ0) is 10.8. The maximum Gasteiger partial charge on any atom is 0.143 e. The molecule has 0 N–H and O–H groups in total. The number of carbonyl (C=O) groups excluding carboxylic acids is 2. The molecule has 0 radical (unpaired) electrons. The van der Waals surface area contributed by atoms with Gasteiger partial charge in [0.2, 0.25) is 0 Å². The van der Waals surface area contributed by atoms with Gasteiger partial charge in [0.15, 0.2) is 0 Å². The SMILES string of the molecule is CC(=O)CC(C)=O.c1cc[pH]ooc1. The van der Waals surface area contributed by atoms with Gasteiger partial charge in [-0.05, 0) is 25.7 Å². The molecule has 0 spiro atoms. The number of Topliss-reactive ketones (excluding diaryl/α,β-unsaturated/α-hetero) is 2. The first-order chi connectivity index (χ1) is 6.63. The van der Waals surface area contributed by atoms with Crippen molar-refractivity contribution in [1.82, 2.24) is 0 Å². The monoisotopic (exact) mass is 216 g/mol. The van der Waals surface area contributed by atoms with Crippen molar-refractivity contribution in [2.75, 3.05) is 0 Å². The van der Waals surface area contributed by atoms with Crippen LogP contribution in [0.3, 0.4) is 0 Å². The summed E-state index contributed by atoms with van der Waals surface area (Å²) in [6.07, 6.45) is 1.58. The Labute approximate surface area is 83.7 Å². The predicted molar refractivity (Wildman–Crippen MR) is 54.1 cm³/mol. The number of hydrogen-bond donors (Lipinski definition) is 0. The van der Waals surface area contributed by atoms with E-state index in [9.17, 15) is 9.59 Å². The second-order valence-corrected chi connectivity index (χ2v) is 3.30. The first kappa shape index (κ1) is 12.7. The standard InChI is InChI=1S/C5H8O2.C4H5O2P/c1-4(6)3-5(2)7;1-2-4-7-6-5-3-1/h3H2,1-2H3;1-4,7H. The second-order valence-electron chi connectivity index (χ2n) is 2.57. The summed E-state index contributed by atoms with van der Waals surface area (Å²) < 4.78 is 9.01. The summed E-state index contributed by atoms with van der Waals surface area (Å²) >= 11 is 0. The van der Waals surface area contributed by atoms with Gasteiger partial charge in [-0.3, -0.25) is 18.5 Å². The summed E-state index contributed by atoms with van der Waals surface area (Å²) in [7, 11) is 0.329. The molecule has 0 aliphatic heterocycles. The van der Waals surface area contributed by atoms with E-state index in [2.05, 4.69) is 8.93 Å². The molecule has 0 aliphatic rings. The second kappa shape index (κ2) is 8.32. The van der Waals surface area contributed by atoms with Crippen LogP contribution in [0, 0.1) is 0 Å². The third-order valence-electron chi connectivity index (χ3n) is 1.00. The van der Waals surface area contributed by atoms with E-state index in [0.29, 0.717) is 8.43 Å². The van der Waals surface area contributed by atoms with Gasteiger partial charge in [-0.1, -0.05) is 6.07 Å². The summed E-state index contributed by atoms with van der Waals surface area (Å²) in [4.78, 5) is 20.1. The minimum Gasteiger partial charge on any atom is -0.300 e. The summed E-state index contributed by atoms with van der Waals surface area (Å²) in [5, 5.41) is 0. The Morgan fingerprint density at radius 3 is 2.36 bits per heavy atom. The van der Waals surface area contributed by atoms with E-state index in [4.69, 9.17) is 0 Å². The average Bonchev–Trinajstić information content (AvgIpc) is 2.32. The molecule has 1 aromatic rings. The molecular formula is C9H13O4P. The molecule has 0 saturated carbocycles. The minimum absolute atomic E-state index is 0.0625. The molecule has 0 bridgehead atoms. The van der Waals surface area contributed by atoms with Crippen molar-refractivity contribution in [2.24, 2.45) is 0 Å². The average molecular weight is 216 g/mol. The van der Waals surface area contributed by atoms with Crippen molar-refractivity contribution in [1.29, 1.82) is 0 Å². The third kappa shape index (κ3) is 10.7. The van der Waals surface area contributed by atoms with Crippen LogP contribution in [0.1, 0.15) is 20.3 Å². The number of ketones is 2. The largest absolute Gasteiger partial charge is 0.300 e. The van der Waals surface area contributed by atoms with Crippen LogP contribution in [0.2, 0.25) is 0 Å². The maximum absolute atomic E-state index is 10.0. The highest BCUT2D eigenvalue weighted by Crippen LogP contribution is 1.96. The van der Waals surface area contributed by atoms with Crippen LogP contribution in [0.4, 0.5) is 0 Å². The summed E-state index contributed by atoms with van der Waals surface area (Å²) in [5.41, 5.74) is 0. The van der Waals surface area contributed by atoms with Crippen molar-refractivity contribution < 1.29 is 18.5 Å². The highest BCUT2D eigenvalue weighted by Gasteiger charge is 1.94. The van der Waals surface area contributed by atoms with Crippen LogP contribution in [0.5, 0.6) is 0 Å². The lowest BCUT2D eigenvalue weighted by Crippen LogP contribution is -1.97. The Morgan fingerprint density at radius 1 is 1.21 bits per heavy atom. The predicted octanol–water partition coefficient (Wildman–Crippen LogP) is 2.58. The minimum atomic E-state index is -0.0625. The Hall–Kier alpha value is -1.28. The lowest BCUT2D eigenvalue weighted by atomic mass is 10.2. The molecule has 5 heteroatoms. The molecular weight excluding hydrogens is 203 g/mol. The van der Waals surface area contributed by atoms with Gasteiger partial charge in [-0.25, -0.2) is 0 Å². The lowest BCUT2D eigenvalue weighted by molar-refractivity contribution is -0.124. The van der Waals surface area contributed by atoms with E-state index in [-0.39, 0.29) is 18.0 Å². The van der Waals surface area contributed by atoms with Crippen molar-refractivity contribution in [3.63, 3.8) is 0 Å². The fraction of sp³-hybridized carbons (Fsp3) is 0.333. The third-order valence-corrected chi connectivity index (χ3v) is 1.52. The molecule has 78 valence electrons. The highest BCUT2D eigenvalue weighted by molar-refractivity contribution is 7.21. The molecule has 4 nitrogen and oxygen atoms in total. The molecule has 0 amide bonds. The molecule has 0 aromatic carbocycles. The summed E-state index contributed by atoms with van der Waals surface area (Å²) in [6.45, 7) is 2.81. The quantitative estimate of drug-likeness (QED) is 0.563. The molecule has 14 heavy (non-hydrogen) atoms. The Bertz CT molecular complexity index is 242. The molecule has 0 fully saturated rings. The van der Waals surface area contributed by atoms with E-state index >= 15 is 0 Å². The zero-order valence-electron chi connectivity index (χ0n) is 8.15. The van der Waals surface area contributed by atoms with Crippen LogP contribution >= 0.6 is 8.43 Å². The first-order valence-corrected chi connectivity index (χ1v) is 5.00. The fourth-order valence-corrected chi connectivity index (χ4v) is 0.963. The Balaban J connectivity index is 0.000000241. The Morgan fingerprint density at radius 2 is 1.86 bits per heavy atom.